The number of amides is 3. The summed E-state index contributed by atoms with van der Waals surface area (Å²) in [4.78, 5) is 48.3. The van der Waals surface area contributed by atoms with Crippen LogP contribution in [-0.2, 0) is 19.2 Å². The van der Waals surface area contributed by atoms with Crippen LogP contribution in [0.4, 0.5) is 0 Å². The number of nitrogens with two attached hydrogens (primary N) is 1. The number of hydrogen-bond donors (Lipinski definition) is 7. The van der Waals surface area contributed by atoms with Crippen LogP contribution < -0.4 is 21.7 Å². The lowest BCUT2D eigenvalue weighted by molar-refractivity contribution is -0.143. The fraction of sp³-hybridized carbons (Fsp3) is 0.778. The third-order valence-electron chi connectivity index (χ3n) is 4.47. The summed E-state index contributed by atoms with van der Waals surface area (Å²) in [6.45, 7) is 6.57. The van der Waals surface area contributed by atoms with Gasteiger partial charge >= 0.3 is 5.97 Å². The lowest BCUT2D eigenvalue weighted by atomic mass is 9.97. The lowest BCUT2D eigenvalue weighted by Crippen LogP contribution is -2.59. The first-order valence-electron chi connectivity index (χ1n) is 9.59. The summed E-state index contributed by atoms with van der Waals surface area (Å²) >= 11 is 4.09. The van der Waals surface area contributed by atoms with Crippen molar-refractivity contribution in [1.82, 2.24) is 16.0 Å². The molecule has 5 atom stereocenters. The Kier molecular flexibility index (Phi) is 12.5. The lowest BCUT2D eigenvalue weighted by Gasteiger charge is -2.27. The molecule has 0 heterocycles. The van der Waals surface area contributed by atoms with Crippen molar-refractivity contribution in [3.63, 3.8) is 0 Å². The van der Waals surface area contributed by atoms with E-state index in [-0.39, 0.29) is 17.6 Å². The molecular formula is C18H34N4O6S. The maximum Gasteiger partial charge on any atom is 0.328 e. The molecule has 0 saturated carbocycles. The maximum atomic E-state index is 12.6. The number of carbonyl (C=O) groups excluding carboxylic acids is 3. The Bertz CT molecular complexity index is 575. The van der Waals surface area contributed by atoms with Gasteiger partial charge in [0.15, 0.2) is 0 Å². The summed E-state index contributed by atoms with van der Waals surface area (Å²) < 4.78 is 0. The molecule has 0 aliphatic rings. The molecular weight excluding hydrogens is 400 g/mol. The number of rotatable bonds is 13. The van der Waals surface area contributed by atoms with Crippen LogP contribution in [0.3, 0.4) is 0 Å². The van der Waals surface area contributed by atoms with Crippen molar-refractivity contribution in [2.45, 2.75) is 64.7 Å². The van der Waals surface area contributed by atoms with E-state index in [4.69, 9.17) is 15.9 Å². The summed E-state index contributed by atoms with van der Waals surface area (Å²) in [7, 11) is 0. The van der Waals surface area contributed by atoms with E-state index in [2.05, 4.69) is 28.6 Å². The molecule has 10 nitrogen and oxygen atoms in total. The Labute approximate surface area is 176 Å². The smallest absolute Gasteiger partial charge is 0.328 e. The first-order chi connectivity index (χ1) is 13.5. The van der Waals surface area contributed by atoms with E-state index in [1.54, 1.807) is 13.8 Å². The third-order valence-corrected chi connectivity index (χ3v) is 4.83. The monoisotopic (exact) mass is 434 g/mol. The van der Waals surface area contributed by atoms with Crippen molar-refractivity contribution >= 4 is 36.3 Å². The number of thiol groups is 1. The molecule has 168 valence electrons. The highest BCUT2D eigenvalue weighted by atomic mass is 32.1. The summed E-state index contributed by atoms with van der Waals surface area (Å²) in [5.41, 5.74) is 5.83. The number of aliphatic hydroxyl groups excluding tert-OH is 1. The Balaban J connectivity index is 5.20. The SMILES string of the molecule is CCC(C)C(NC(=O)C(CS)NC(=O)C(N)CC(C)C)C(=O)NC(CO)C(=O)O. The molecule has 0 aromatic carbocycles. The summed E-state index contributed by atoms with van der Waals surface area (Å²) in [6, 6.07) is -4.33. The van der Waals surface area contributed by atoms with Crippen molar-refractivity contribution in [3.05, 3.63) is 0 Å². The van der Waals surface area contributed by atoms with Gasteiger partial charge in [0.05, 0.1) is 12.6 Å². The van der Waals surface area contributed by atoms with Crippen LogP contribution in [0.25, 0.3) is 0 Å². The maximum absolute atomic E-state index is 12.6. The van der Waals surface area contributed by atoms with Crippen molar-refractivity contribution in [2.24, 2.45) is 17.6 Å². The molecule has 11 heteroatoms. The van der Waals surface area contributed by atoms with Crippen LogP contribution >= 0.6 is 12.6 Å². The van der Waals surface area contributed by atoms with Gasteiger partial charge < -0.3 is 31.9 Å². The largest absolute Gasteiger partial charge is 0.480 e. The number of hydrogen-bond acceptors (Lipinski definition) is 7. The first-order valence-corrected chi connectivity index (χ1v) is 10.2. The Morgan fingerprint density at radius 2 is 1.52 bits per heavy atom. The van der Waals surface area contributed by atoms with Gasteiger partial charge in [0.2, 0.25) is 17.7 Å². The van der Waals surface area contributed by atoms with Crippen molar-refractivity contribution in [3.8, 4) is 0 Å². The van der Waals surface area contributed by atoms with Crippen molar-refractivity contribution < 1.29 is 29.4 Å². The van der Waals surface area contributed by atoms with E-state index >= 15 is 0 Å². The average Bonchev–Trinajstić information content (AvgIpc) is 2.66. The molecule has 0 aromatic heterocycles. The van der Waals surface area contributed by atoms with Crippen LogP contribution in [0.2, 0.25) is 0 Å². The zero-order valence-corrected chi connectivity index (χ0v) is 18.2. The fourth-order valence-corrected chi connectivity index (χ4v) is 2.75. The highest BCUT2D eigenvalue weighted by Gasteiger charge is 2.32. The normalized spacial score (nSPS) is 16.3. The van der Waals surface area contributed by atoms with Gasteiger partial charge in [-0.2, -0.15) is 12.6 Å². The zero-order valence-electron chi connectivity index (χ0n) is 17.3. The van der Waals surface area contributed by atoms with Crippen molar-refractivity contribution in [2.75, 3.05) is 12.4 Å². The molecule has 7 N–H and O–H groups in total. The molecule has 0 spiro atoms. The number of carboxylic acid groups (broad SMARTS) is 1. The van der Waals surface area contributed by atoms with Crippen LogP contribution in [0.5, 0.6) is 0 Å². The van der Waals surface area contributed by atoms with Gasteiger partial charge in [0.1, 0.15) is 18.1 Å². The number of nitrogens with one attached hydrogen (secondary N) is 3. The molecule has 29 heavy (non-hydrogen) atoms. The van der Waals surface area contributed by atoms with Gasteiger partial charge in [0.25, 0.3) is 0 Å². The molecule has 0 radical (unpaired) electrons. The van der Waals surface area contributed by atoms with E-state index in [0.29, 0.717) is 12.8 Å². The van der Waals surface area contributed by atoms with Gasteiger partial charge in [-0.1, -0.05) is 34.1 Å². The third kappa shape index (κ3) is 9.46. The minimum absolute atomic E-state index is 0.0186. The molecule has 0 fully saturated rings. The van der Waals surface area contributed by atoms with E-state index < -0.39 is 54.5 Å². The second-order valence-electron chi connectivity index (χ2n) is 7.43. The highest BCUT2D eigenvalue weighted by Crippen LogP contribution is 2.09. The summed E-state index contributed by atoms with van der Waals surface area (Å²) in [5, 5.41) is 25.3. The van der Waals surface area contributed by atoms with Gasteiger partial charge in [-0.15, -0.1) is 0 Å². The summed E-state index contributed by atoms with van der Waals surface area (Å²) in [6.07, 6.45) is 0.967. The van der Waals surface area contributed by atoms with E-state index in [1.807, 2.05) is 13.8 Å². The van der Waals surface area contributed by atoms with Crippen LogP contribution in [0, 0.1) is 11.8 Å². The molecule has 0 aliphatic carbocycles. The highest BCUT2D eigenvalue weighted by molar-refractivity contribution is 7.80. The van der Waals surface area contributed by atoms with Crippen molar-refractivity contribution in [1.29, 1.82) is 0 Å². The van der Waals surface area contributed by atoms with E-state index in [1.165, 1.54) is 0 Å². The van der Waals surface area contributed by atoms with E-state index in [9.17, 15) is 19.2 Å². The fourth-order valence-electron chi connectivity index (χ4n) is 2.49. The van der Waals surface area contributed by atoms with Crippen LogP contribution in [-0.4, -0.2) is 70.4 Å². The average molecular weight is 435 g/mol. The zero-order chi connectivity index (χ0) is 22.7. The summed E-state index contributed by atoms with van der Waals surface area (Å²) in [5.74, 6) is -3.41. The number of aliphatic hydroxyl groups is 1. The number of carboxylic acids is 1. The molecule has 0 rings (SSSR count). The van der Waals surface area contributed by atoms with Gasteiger partial charge in [-0.05, 0) is 18.3 Å². The molecule has 0 bridgehead atoms. The molecule has 0 aliphatic heterocycles. The molecule has 3 amide bonds. The van der Waals surface area contributed by atoms with Crippen LogP contribution in [0.1, 0.15) is 40.5 Å². The van der Waals surface area contributed by atoms with E-state index in [0.717, 1.165) is 0 Å². The Hall–Kier alpha value is -1.85. The quantitative estimate of drug-likeness (QED) is 0.180. The Morgan fingerprint density at radius 3 is 1.93 bits per heavy atom. The topological polar surface area (TPSA) is 171 Å². The second kappa shape index (κ2) is 13.4. The van der Waals surface area contributed by atoms with Crippen LogP contribution in [0.15, 0.2) is 0 Å². The minimum Gasteiger partial charge on any atom is -0.480 e. The molecule has 0 aromatic rings. The van der Waals surface area contributed by atoms with Gasteiger partial charge in [-0.3, -0.25) is 14.4 Å². The molecule has 0 saturated heterocycles. The minimum atomic E-state index is -1.49. The molecule has 5 unspecified atom stereocenters. The van der Waals surface area contributed by atoms with Gasteiger partial charge in [0, 0.05) is 5.75 Å². The Morgan fingerprint density at radius 1 is 0.966 bits per heavy atom. The predicted molar refractivity (Wildman–Crippen MR) is 111 cm³/mol. The predicted octanol–water partition coefficient (Wildman–Crippen LogP) is -1.13. The van der Waals surface area contributed by atoms with Gasteiger partial charge in [-0.25, -0.2) is 4.79 Å². The second-order valence-corrected chi connectivity index (χ2v) is 7.80. The number of carbonyl (C=O) groups is 4. The number of aliphatic carboxylic acids is 1. The first kappa shape index (κ1) is 27.1. The standard InChI is InChI=1S/C18H34N4O6S/c1-5-10(4)14(17(26)20-12(7-23)18(27)28)22-16(25)13(8-29)21-15(24)11(19)6-9(2)3/h9-14,23,29H,5-8,19H2,1-4H3,(H,20,26)(H,21,24)(H,22,25)(H,27,28).